The molecule has 152 valence electrons. The fourth-order valence-corrected chi connectivity index (χ4v) is 4.26. The lowest BCUT2D eigenvalue weighted by atomic mass is 9.97. The molecule has 32 heavy (non-hydrogen) atoms. The molecule has 0 saturated heterocycles. The molecule has 0 amide bonds. The zero-order chi connectivity index (χ0) is 21.5. The van der Waals surface area contributed by atoms with Crippen LogP contribution < -0.4 is 0 Å². The number of halogens is 1. The van der Waals surface area contributed by atoms with Crippen molar-refractivity contribution in [1.82, 2.24) is 15.0 Å². The van der Waals surface area contributed by atoms with E-state index in [9.17, 15) is 0 Å². The first-order chi connectivity index (χ1) is 15.8. The van der Waals surface area contributed by atoms with E-state index < -0.39 is 0 Å². The van der Waals surface area contributed by atoms with Crippen LogP contribution in [-0.2, 0) is 0 Å². The van der Waals surface area contributed by atoms with Crippen LogP contribution in [0.4, 0.5) is 0 Å². The van der Waals surface area contributed by atoms with Gasteiger partial charge >= 0.3 is 0 Å². The second kappa shape index (κ2) is 7.59. The number of benzene rings is 4. The van der Waals surface area contributed by atoms with Crippen LogP contribution in [0, 0.1) is 0 Å². The van der Waals surface area contributed by atoms with Gasteiger partial charge in [-0.2, -0.15) is 9.97 Å². The monoisotopic (exact) mass is 433 g/mol. The van der Waals surface area contributed by atoms with Crippen LogP contribution in [0.15, 0.2) is 101 Å². The second-order valence-electron chi connectivity index (χ2n) is 7.44. The van der Waals surface area contributed by atoms with E-state index in [1.165, 1.54) is 0 Å². The van der Waals surface area contributed by atoms with E-state index in [0.29, 0.717) is 11.6 Å². The van der Waals surface area contributed by atoms with Crippen molar-refractivity contribution in [3.05, 3.63) is 102 Å². The molecule has 0 fully saturated rings. The molecule has 2 aromatic heterocycles. The summed E-state index contributed by atoms with van der Waals surface area (Å²) in [6.07, 6.45) is 0. The third kappa shape index (κ3) is 3.13. The first kappa shape index (κ1) is 18.7. The first-order valence-electron chi connectivity index (χ1n) is 10.2. The zero-order valence-electron chi connectivity index (χ0n) is 16.9. The molecule has 0 unspecified atom stereocenters. The van der Waals surface area contributed by atoms with Crippen molar-refractivity contribution in [3.8, 4) is 33.9 Å². The molecule has 5 heteroatoms. The Hall–Kier alpha value is -4.02. The molecule has 0 aliphatic heterocycles. The first-order valence-corrected chi connectivity index (χ1v) is 10.6. The normalized spacial score (nSPS) is 11.3. The number of rotatable bonds is 3. The van der Waals surface area contributed by atoms with Crippen LogP contribution in [0.5, 0.6) is 0 Å². The number of hydrogen-bond acceptors (Lipinski definition) is 4. The Morgan fingerprint density at radius 3 is 1.75 bits per heavy atom. The molecule has 2 heterocycles. The molecule has 6 rings (SSSR count). The van der Waals surface area contributed by atoms with Crippen molar-refractivity contribution < 1.29 is 4.42 Å². The van der Waals surface area contributed by atoms with Crippen molar-refractivity contribution in [2.24, 2.45) is 0 Å². The summed E-state index contributed by atoms with van der Waals surface area (Å²) in [7, 11) is 0. The smallest absolute Gasteiger partial charge is 0.226 e. The average Bonchev–Trinajstić information content (AvgIpc) is 3.24. The summed E-state index contributed by atoms with van der Waals surface area (Å²) in [5, 5.41) is 2.15. The van der Waals surface area contributed by atoms with E-state index in [1.807, 2.05) is 78.9 Å². The summed E-state index contributed by atoms with van der Waals surface area (Å²) in [6, 6.07) is 32.1. The number of aromatic nitrogens is 3. The SMILES string of the molecule is Clc1nc(-c2ccccc2)nc(-c2cccc3oc4cccc(-c5ccccc5)c4c23)n1. The Labute approximate surface area is 189 Å². The topological polar surface area (TPSA) is 51.8 Å². The summed E-state index contributed by atoms with van der Waals surface area (Å²) in [6.45, 7) is 0. The molecular weight excluding hydrogens is 418 g/mol. The maximum atomic E-state index is 6.33. The summed E-state index contributed by atoms with van der Waals surface area (Å²) in [4.78, 5) is 13.6. The highest BCUT2D eigenvalue weighted by Gasteiger charge is 2.19. The molecule has 0 saturated carbocycles. The Kier molecular flexibility index (Phi) is 4.44. The van der Waals surface area contributed by atoms with Crippen LogP contribution in [0.3, 0.4) is 0 Å². The van der Waals surface area contributed by atoms with Gasteiger partial charge in [-0.3, -0.25) is 0 Å². The second-order valence-corrected chi connectivity index (χ2v) is 7.78. The predicted octanol–water partition coefficient (Wildman–Crippen LogP) is 7.43. The van der Waals surface area contributed by atoms with Crippen LogP contribution in [0.25, 0.3) is 55.8 Å². The highest BCUT2D eigenvalue weighted by Crippen LogP contribution is 2.40. The summed E-state index contributed by atoms with van der Waals surface area (Å²) >= 11 is 6.33. The standard InChI is InChI=1S/C27H16ClN3O/c28-27-30-25(18-11-5-2-6-12-18)29-26(31-27)20-14-8-16-22-24(20)23-19(13-7-15-21(23)32-22)17-9-3-1-4-10-17/h1-16H. The van der Waals surface area contributed by atoms with Crippen molar-refractivity contribution in [1.29, 1.82) is 0 Å². The highest BCUT2D eigenvalue weighted by atomic mass is 35.5. The summed E-state index contributed by atoms with van der Waals surface area (Å²) < 4.78 is 6.22. The molecule has 0 aliphatic carbocycles. The Morgan fingerprint density at radius 2 is 1.06 bits per heavy atom. The molecule has 4 nitrogen and oxygen atoms in total. The van der Waals surface area contributed by atoms with E-state index >= 15 is 0 Å². The zero-order valence-corrected chi connectivity index (χ0v) is 17.6. The molecule has 0 bridgehead atoms. The van der Waals surface area contributed by atoms with Gasteiger partial charge in [-0.15, -0.1) is 0 Å². The average molecular weight is 434 g/mol. The molecule has 4 aromatic carbocycles. The van der Waals surface area contributed by atoms with Gasteiger partial charge < -0.3 is 4.42 Å². The van der Waals surface area contributed by atoms with Crippen LogP contribution in [0.1, 0.15) is 0 Å². The molecule has 0 atom stereocenters. The maximum Gasteiger partial charge on any atom is 0.226 e. The van der Waals surface area contributed by atoms with Crippen LogP contribution in [0.2, 0.25) is 5.28 Å². The van der Waals surface area contributed by atoms with Gasteiger partial charge in [0.25, 0.3) is 0 Å². The van der Waals surface area contributed by atoms with Crippen molar-refractivity contribution in [2.75, 3.05) is 0 Å². The summed E-state index contributed by atoms with van der Waals surface area (Å²) in [5.74, 6) is 1.05. The summed E-state index contributed by atoms with van der Waals surface area (Å²) in [5.41, 5.74) is 5.54. The Balaban J connectivity index is 1.66. The Morgan fingerprint density at radius 1 is 0.500 bits per heavy atom. The largest absolute Gasteiger partial charge is 0.456 e. The minimum Gasteiger partial charge on any atom is -0.456 e. The third-order valence-electron chi connectivity index (χ3n) is 5.49. The lowest BCUT2D eigenvalue weighted by Crippen LogP contribution is -1.97. The number of hydrogen-bond donors (Lipinski definition) is 0. The van der Waals surface area contributed by atoms with E-state index in [2.05, 4.69) is 28.2 Å². The number of fused-ring (bicyclic) bond motifs is 3. The minimum atomic E-state index is 0.155. The molecule has 6 aromatic rings. The van der Waals surface area contributed by atoms with E-state index in [0.717, 1.165) is 44.2 Å². The van der Waals surface area contributed by atoms with Gasteiger partial charge in [0.05, 0.1) is 0 Å². The van der Waals surface area contributed by atoms with Gasteiger partial charge in [0.15, 0.2) is 11.6 Å². The third-order valence-corrected chi connectivity index (χ3v) is 5.66. The van der Waals surface area contributed by atoms with Crippen molar-refractivity contribution >= 4 is 33.5 Å². The molecule has 0 N–H and O–H groups in total. The number of nitrogens with zero attached hydrogens (tertiary/aromatic N) is 3. The van der Waals surface area contributed by atoms with Crippen molar-refractivity contribution in [3.63, 3.8) is 0 Å². The minimum absolute atomic E-state index is 0.155. The molecular formula is C27H16ClN3O. The molecule has 0 radical (unpaired) electrons. The maximum absolute atomic E-state index is 6.33. The fraction of sp³-hybridized carbons (Fsp3) is 0. The van der Waals surface area contributed by atoms with Crippen molar-refractivity contribution in [2.45, 2.75) is 0 Å². The van der Waals surface area contributed by atoms with Gasteiger partial charge in [-0.05, 0) is 34.9 Å². The van der Waals surface area contributed by atoms with Gasteiger partial charge in [-0.1, -0.05) is 84.9 Å². The van der Waals surface area contributed by atoms with Gasteiger partial charge in [0.1, 0.15) is 11.2 Å². The van der Waals surface area contributed by atoms with Gasteiger partial charge in [0.2, 0.25) is 5.28 Å². The lowest BCUT2D eigenvalue weighted by Gasteiger charge is -2.08. The van der Waals surface area contributed by atoms with E-state index in [1.54, 1.807) is 0 Å². The van der Waals surface area contributed by atoms with E-state index in [4.69, 9.17) is 21.0 Å². The Bertz CT molecular complexity index is 1580. The van der Waals surface area contributed by atoms with Gasteiger partial charge in [-0.25, -0.2) is 4.98 Å². The quantitative estimate of drug-likeness (QED) is 0.291. The number of furan rings is 1. The predicted molar refractivity (Wildman–Crippen MR) is 128 cm³/mol. The van der Waals surface area contributed by atoms with Gasteiger partial charge in [0, 0.05) is 21.9 Å². The molecule has 0 aliphatic rings. The van der Waals surface area contributed by atoms with Crippen LogP contribution >= 0.6 is 11.6 Å². The molecule has 0 spiro atoms. The fourth-order valence-electron chi connectivity index (χ4n) is 4.10. The van der Waals surface area contributed by atoms with E-state index in [-0.39, 0.29) is 5.28 Å². The van der Waals surface area contributed by atoms with Crippen LogP contribution in [-0.4, -0.2) is 15.0 Å². The lowest BCUT2D eigenvalue weighted by molar-refractivity contribution is 0.669. The highest BCUT2D eigenvalue weighted by molar-refractivity contribution is 6.28.